The number of likely N-dealkylation sites (N-methyl/N-ethyl adjacent to an activating group) is 1. The van der Waals surface area contributed by atoms with Gasteiger partial charge in [0.15, 0.2) is 6.61 Å². The Kier molecular flexibility index (Phi) is 6.58. The third-order valence-corrected chi connectivity index (χ3v) is 3.91. The normalized spacial score (nSPS) is 10.6. The number of halogens is 3. The fraction of sp³-hybridized carbons (Fsp3) is 0.278. The molecule has 0 spiro atoms. The van der Waals surface area contributed by atoms with Crippen LogP contribution in [-0.2, 0) is 11.3 Å². The second-order valence-electron chi connectivity index (χ2n) is 5.47. The van der Waals surface area contributed by atoms with Crippen molar-refractivity contribution in [1.82, 2.24) is 4.90 Å². The van der Waals surface area contributed by atoms with Crippen LogP contribution in [0.25, 0.3) is 0 Å². The molecular weight excluding hydrogens is 352 g/mol. The molecule has 134 valence electrons. The summed E-state index contributed by atoms with van der Waals surface area (Å²) in [7, 11) is 1.64. The first kappa shape index (κ1) is 19.0. The van der Waals surface area contributed by atoms with Crippen LogP contribution in [-0.4, -0.2) is 31.1 Å². The second kappa shape index (κ2) is 8.67. The zero-order valence-corrected chi connectivity index (χ0v) is 14.6. The molecule has 2 aromatic carbocycles. The van der Waals surface area contributed by atoms with Crippen LogP contribution in [0.4, 0.5) is 8.78 Å². The molecule has 0 aliphatic rings. The van der Waals surface area contributed by atoms with Gasteiger partial charge in [0.25, 0.3) is 5.91 Å². The zero-order chi connectivity index (χ0) is 18.4. The number of alkyl halides is 2. The van der Waals surface area contributed by atoms with Gasteiger partial charge in [-0.25, -0.2) is 0 Å². The van der Waals surface area contributed by atoms with Gasteiger partial charge >= 0.3 is 6.61 Å². The maximum atomic E-state index is 12.1. The Morgan fingerprint density at radius 3 is 2.40 bits per heavy atom. The summed E-state index contributed by atoms with van der Waals surface area (Å²) < 4.78 is 34.0. The first-order chi connectivity index (χ1) is 11.8. The van der Waals surface area contributed by atoms with E-state index in [1.54, 1.807) is 37.4 Å². The van der Waals surface area contributed by atoms with Gasteiger partial charge in [-0.15, -0.1) is 0 Å². The van der Waals surface area contributed by atoms with E-state index in [2.05, 4.69) is 4.74 Å². The Hall–Kier alpha value is -2.34. The largest absolute Gasteiger partial charge is 0.484 e. The molecule has 0 fully saturated rings. The molecule has 2 aromatic rings. The second-order valence-corrected chi connectivity index (χ2v) is 5.88. The van der Waals surface area contributed by atoms with Crippen LogP contribution in [0, 0.1) is 6.92 Å². The van der Waals surface area contributed by atoms with Crippen molar-refractivity contribution < 1.29 is 23.0 Å². The third kappa shape index (κ3) is 5.90. The number of ether oxygens (including phenoxy) is 2. The molecule has 0 heterocycles. The molecule has 0 saturated carbocycles. The van der Waals surface area contributed by atoms with Crippen LogP contribution in [0.15, 0.2) is 42.5 Å². The lowest BCUT2D eigenvalue weighted by Crippen LogP contribution is -2.30. The minimum Gasteiger partial charge on any atom is -0.484 e. The lowest BCUT2D eigenvalue weighted by Gasteiger charge is -2.18. The summed E-state index contributed by atoms with van der Waals surface area (Å²) in [5.41, 5.74) is 1.66. The van der Waals surface area contributed by atoms with Crippen LogP contribution >= 0.6 is 11.6 Å². The average molecular weight is 370 g/mol. The molecule has 0 aliphatic heterocycles. The fourth-order valence-electron chi connectivity index (χ4n) is 2.10. The summed E-state index contributed by atoms with van der Waals surface area (Å²) in [4.78, 5) is 13.6. The van der Waals surface area contributed by atoms with Crippen LogP contribution in [0.3, 0.4) is 0 Å². The number of benzene rings is 2. The van der Waals surface area contributed by atoms with E-state index in [4.69, 9.17) is 16.3 Å². The summed E-state index contributed by atoms with van der Waals surface area (Å²) in [6, 6.07) is 11.3. The van der Waals surface area contributed by atoms with Crippen LogP contribution < -0.4 is 9.47 Å². The molecule has 0 atom stereocenters. The standard InChI is InChI=1S/C18H18ClF2NO3/c1-12-9-15(7-8-16(12)19)24-11-17(23)22(2)10-13-3-5-14(6-4-13)25-18(20)21/h3-9,18H,10-11H2,1-2H3. The Balaban J connectivity index is 1.86. The van der Waals surface area contributed by atoms with Gasteiger partial charge in [-0.3, -0.25) is 4.79 Å². The molecule has 0 bridgehead atoms. The van der Waals surface area contributed by atoms with Gasteiger partial charge in [0.1, 0.15) is 11.5 Å². The zero-order valence-electron chi connectivity index (χ0n) is 13.8. The smallest absolute Gasteiger partial charge is 0.387 e. The fourth-order valence-corrected chi connectivity index (χ4v) is 2.22. The van der Waals surface area contributed by atoms with E-state index >= 15 is 0 Å². The molecule has 0 aromatic heterocycles. The van der Waals surface area contributed by atoms with Gasteiger partial charge < -0.3 is 14.4 Å². The monoisotopic (exact) mass is 369 g/mol. The molecule has 0 aliphatic carbocycles. The van der Waals surface area contributed by atoms with Crippen LogP contribution in [0.2, 0.25) is 5.02 Å². The van der Waals surface area contributed by atoms with Gasteiger partial charge in [0.2, 0.25) is 0 Å². The van der Waals surface area contributed by atoms with Crippen molar-refractivity contribution in [2.45, 2.75) is 20.1 Å². The summed E-state index contributed by atoms with van der Waals surface area (Å²) in [6.45, 7) is -0.783. The van der Waals surface area contributed by atoms with E-state index in [0.29, 0.717) is 17.3 Å². The highest BCUT2D eigenvalue weighted by Gasteiger charge is 2.11. The highest BCUT2D eigenvalue weighted by molar-refractivity contribution is 6.31. The number of nitrogens with zero attached hydrogens (tertiary/aromatic N) is 1. The van der Waals surface area contributed by atoms with E-state index in [1.165, 1.54) is 17.0 Å². The van der Waals surface area contributed by atoms with Gasteiger partial charge in [-0.1, -0.05) is 23.7 Å². The molecule has 25 heavy (non-hydrogen) atoms. The number of amides is 1. The molecule has 1 amide bonds. The van der Waals surface area contributed by atoms with E-state index < -0.39 is 6.61 Å². The molecular formula is C18H18ClF2NO3. The van der Waals surface area contributed by atoms with Crippen molar-refractivity contribution in [2.75, 3.05) is 13.7 Å². The van der Waals surface area contributed by atoms with E-state index in [1.807, 2.05) is 6.92 Å². The van der Waals surface area contributed by atoms with Gasteiger partial charge in [0, 0.05) is 18.6 Å². The number of aryl methyl sites for hydroxylation is 1. The van der Waals surface area contributed by atoms with E-state index in [-0.39, 0.29) is 18.3 Å². The quantitative estimate of drug-likeness (QED) is 0.731. The minimum absolute atomic E-state index is 0.0779. The summed E-state index contributed by atoms with van der Waals surface area (Å²) in [5, 5.41) is 0.634. The van der Waals surface area contributed by atoms with Gasteiger partial charge in [0.05, 0.1) is 0 Å². The predicted octanol–water partition coefficient (Wildman–Crippen LogP) is 4.29. The van der Waals surface area contributed by atoms with E-state index in [0.717, 1.165) is 11.1 Å². The number of rotatable bonds is 7. The molecule has 2 rings (SSSR count). The molecule has 0 N–H and O–H groups in total. The van der Waals surface area contributed by atoms with E-state index in [9.17, 15) is 13.6 Å². The van der Waals surface area contributed by atoms with Crippen molar-refractivity contribution in [3.8, 4) is 11.5 Å². The summed E-state index contributed by atoms with van der Waals surface area (Å²) >= 11 is 5.94. The molecule has 4 nitrogen and oxygen atoms in total. The van der Waals surface area contributed by atoms with Crippen molar-refractivity contribution >= 4 is 17.5 Å². The number of carbonyl (C=O) groups is 1. The molecule has 0 saturated heterocycles. The molecule has 0 unspecified atom stereocenters. The maximum absolute atomic E-state index is 12.1. The number of hydrogen-bond donors (Lipinski definition) is 0. The van der Waals surface area contributed by atoms with Crippen molar-refractivity contribution in [2.24, 2.45) is 0 Å². The first-order valence-electron chi connectivity index (χ1n) is 7.52. The third-order valence-electron chi connectivity index (χ3n) is 3.49. The highest BCUT2D eigenvalue weighted by Crippen LogP contribution is 2.21. The lowest BCUT2D eigenvalue weighted by molar-refractivity contribution is -0.132. The van der Waals surface area contributed by atoms with Gasteiger partial charge in [-0.05, 0) is 48.4 Å². The predicted molar refractivity (Wildman–Crippen MR) is 91.2 cm³/mol. The van der Waals surface area contributed by atoms with Gasteiger partial charge in [-0.2, -0.15) is 8.78 Å². The molecule has 7 heteroatoms. The molecule has 0 radical (unpaired) electrons. The number of carbonyl (C=O) groups excluding carboxylic acids is 1. The first-order valence-corrected chi connectivity index (χ1v) is 7.89. The number of hydrogen-bond acceptors (Lipinski definition) is 3. The topological polar surface area (TPSA) is 38.8 Å². The SMILES string of the molecule is Cc1cc(OCC(=O)N(C)Cc2ccc(OC(F)F)cc2)ccc1Cl. The highest BCUT2D eigenvalue weighted by atomic mass is 35.5. The van der Waals surface area contributed by atoms with Crippen LogP contribution in [0.5, 0.6) is 11.5 Å². The average Bonchev–Trinajstić information content (AvgIpc) is 2.57. The van der Waals surface area contributed by atoms with Crippen molar-refractivity contribution in [1.29, 1.82) is 0 Å². The summed E-state index contributed by atoms with van der Waals surface area (Å²) in [6.07, 6.45) is 0. The Labute approximate surface area is 149 Å². The van der Waals surface area contributed by atoms with Crippen LogP contribution in [0.1, 0.15) is 11.1 Å². The Bertz CT molecular complexity index is 723. The van der Waals surface area contributed by atoms with Crippen molar-refractivity contribution in [3.05, 3.63) is 58.6 Å². The maximum Gasteiger partial charge on any atom is 0.387 e. The summed E-state index contributed by atoms with van der Waals surface area (Å²) in [5.74, 6) is 0.437. The Morgan fingerprint density at radius 2 is 1.80 bits per heavy atom. The lowest BCUT2D eigenvalue weighted by atomic mass is 10.2. The minimum atomic E-state index is -2.86. The Morgan fingerprint density at radius 1 is 1.16 bits per heavy atom. The van der Waals surface area contributed by atoms with Crippen molar-refractivity contribution in [3.63, 3.8) is 0 Å².